The number of carbonyl (C=O) groups is 1. The number of esters is 1. The lowest BCUT2D eigenvalue weighted by Gasteiger charge is -2.36. The topological polar surface area (TPSA) is 42.4 Å². The van der Waals surface area contributed by atoms with Crippen molar-refractivity contribution >= 4 is 27.7 Å². The highest BCUT2D eigenvalue weighted by molar-refractivity contribution is 9.10. The van der Waals surface area contributed by atoms with E-state index in [4.69, 9.17) is 4.74 Å². The number of aryl methyl sites for hydroxylation is 1. The van der Waals surface area contributed by atoms with Gasteiger partial charge in [0.15, 0.2) is 0 Å². The van der Waals surface area contributed by atoms with Crippen molar-refractivity contribution in [2.75, 3.05) is 18.6 Å². The van der Waals surface area contributed by atoms with Crippen molar-refractivity contribution in [3.8, 4) is 0 Å². The first-order valence-corrected chi connectivity index (χ1v) is 7.37. The van der Waals surface area contributed by atoms with Crippen LogP contribution in [0.2, 0.25) is 0 Å². The molecule has 104 valence electrons. The average molecular weight is 327 g/mol. The molecule has 0 amide bonds. The van der Waals surface area contributed by atoms with Crippen LogP contribution >= 0.6 is 15.9 Å². The van der Waals surface area contributed by atoms with E-state index in [0.717, 1.165) is 41.8 Å². The first kappa shape index (κ1) is 14.3. The smallest absolute Gasteiger partial charge is 0.307 e. The molecule has 5 heteroatoms. The highest BCUT2D eigenvalue weighted by Crippen LogP contribution is 2.27. The van der Waals surface area contributed by atoms with E-state index in [-0.39, 0.29) is 12.0 Å². The Bertz CT molecular complexity index is 465. The second kappa shape index (κ2) is 6.37. The van der Waals surface area contributed by atoms with Gasteiger partial charge in [0.2, 0.25) is 0 Å². The lowest BCUT2D eigenvalue weighted by Crippen LogP contribution is -2.41. The number of nitrogens with zero attached hydrogens (tertiary/aromatic N) is 2. The van der Waals surface area contributed by atoms with Crippen LogP contribution in [0.25, 0.3) is 0 Å². The number of halogens is 1. The van der Waals surface area contributed by atoms with Gasteiger partial charge in [-0.2, -0.15) is 0 Å². The molecular formula is C14H19BrN2O2. The van der Waals surface area contributed by atoms with Crippen molar-refractivity contribution in [2.45, 2.75) is 38.6 Å². The maximum atomic E-state index is 11.5. The van der Waals surface area contributed by atoms with Crippen LogP contribution in [0.5, 0.6) is 0 Å². The predicted molar refractivity (Wildman–Crippen MR) is 78.3 cm³/mol. The second-order valence-electron chi connectivity index (χ2n) is 4.86. The van der Waals surface area contributed by atoms with Crippen molar-refractivity contribution in [1.29, 1.82) is 0 Å². The van der Waals surface area contributed by atoms with Crippen LogP contribution in [0.4, 0.5) is 5.82 Å². The lowest BCUT2D eigenvalue weighted by atomic mass is 9.99. The summed E-state index contributed by atoms with van der Waals surface area (Å²) in [5, 5.41) is 0. The number of rotatable bonds is 3. The van der Waals surface area contributed by atoms with Gasteiger partial charge < -0.3 is 9.64 Å². The molecule has 1 atom stereocenters. The molecule has 19 heavy (non-hydrogen) atoms. The lowest BCUT2D eigenvalue weighted by molar-refractivity contribution is -0.141. The van der Waals surface area contributed by atoms with Crippen LogP contribution in [0, 0.1) is 6.92 Å². The first-order valence-electron chi connectivity index (χ1n) is 6.58. The van der Waals surface area contributed by atoms with Gasteiger partial charge in [0, 0.05) is 17.1 Å². The molecule has 1 fully saturated rings. The van der Waals surface area contributed by atoms with Crippen LogP contribution in [-0.4, -0.2) is 30.6 Å². The predicted octanol–water partition coefficient (Wildman–Crippen LogP) is 3.07. The van der Waals surface area contributed by atoms with Gasteiger partial charge in [-0.25, -0.2) is 4.98 Å². The monoisotopic (exact) mass is 326 g/mol. The normalized spacial score (nSPS) is 19.3. The molecule has 1 aliphatic heterocycles. The Morgan fingerprint density at radius 1 is 1.53 bits per heavy atom. The zero-order valence-corrected chi connectivity index (χ0v) is 12.9. The molecule has 0 spiro atoms. The van der Waals surface area contributed by atoms with Crippen LogP contribution < -0.4 is 4.90 Å². The highest BCUT2D eigenvalue weighted by Gasteiger charge is 2.26. The minimum atomic E-state index is -0.147. The summed E-state index contributed by atoms with van der Waals surface area (Å²) in [6.45, 7) is 2.93. The minimum absolute atomic E-state index is 0.147. The van der Waals surface area contributed by atoms with Crippen molar-refractivity contribution in [2.24, 2.45) is 0 Å². The minimum Gasteiger partial charge on any atom is -0.469 e. The van der Waals surface area contributed by atoms with E-state index in [1.54, 1.807) is 0 Å². The summed E-state index contributed by atoms with van der Waals surface area (Å²) in [4.78, 5) is 18.3. The summed E-state index contributed by atoms with van der Waals surface area (Å²) in [5.41, 5.74) is 0.972. The van der Waals surface area contributed by atoms with E-state index in [1.807, 2.05) is 19.1 Å². The molecule has 1 saturated heterocycles. The van der Waals surface area contributed by atoms with Crippen molar-refractivity contribution in [1.82, 2.24) is 4.98 Å². The average Bonchev–Trinajstić information content (AvgIpc) is 2.42. The van der Waals surface area contributed by atoms with Crippen molar-refractivity contribution in [3.05, 3.63) is 22.3 Å². The maximum Gasteiger partial charge on any atom is 0.307 e. The van der Waals surface area contributed by atoms with Crippen LogP contribution in [0.1, 0.15) is 31.4 Å². The number of carbonyl (C=O) groups excluding carboxylic acids is 1. The van der Waals surface area contributed by atoms with Crippen LogP contribution in [0.15, 0.2) is 16.6 Å². The molecule has 0 radical (unpaired) electrons. The number of aromatic nitrogens is 1. The van der Waals surface area contributed by atoms with Gasteiger partial charge in [-0.05, 0) is 54.2 Å². The van der Waals surface area contributed by atoms with Crippen LogP contribution in [0.3, 0.4) is 0 Å². The van der Waals surface area contributed by atoms with Gasteiger partial charge in [0.05, 0.1) is 19.2 Å². The molecular weight excluding hydrogens is 308 g/mol. The quantitative estimate of drug-likeness (QED) is 0.800. The van der Waals surface area contributed by atoms with E-state index in [1.165, 1.54) is 7.11 Å². The Morgan fingerprint density at radius 3 is 3.00 bits per heavy atom. The number of ether oxygens (including phenoxy) is 1. The third-order valence-corrected chi connectivity index (χ3v) is 4.40. The molecule has 1 aliphatic rings. The summed E-state index contributed by atoms with van der Waals surface area (Å²) in [5.74, 6) is 0.806. The Balaban J connectivity index is 2.18. The van der Waals surface area contributed by atoms with Crippen LogP contribution in [-0.2, 0) is 9.53 Å². The molecule has 1 aromatic heterocycles. The Hall–Kier alpha value is -1.10. The third-order valence-electron chi connectivity index (χ3n) is 3.56. The molecule has 4 nitrogen and oxygen atoms in total. The molecule has 2 heterocycles. The van der Waals surface area contributed by atoms with E-state index >= 15 is 0 Å². The first-order chi connectivity index (χ1) is 9.11. The van der Waals surface area contributed by atoms with E-state index in [0.29, 0.717) is 6.42 Å². The fourth-order valence-electron chi connectivity index (χ4n) is 2.48. The third kappa shape index (κ3) is 3.47. The number of pyridine rings is 1. The van der Waals surface area contributed by atoms with Gasteiger partial charge in [0.25, 0.3) is 0 Å². The maximum absolute atomic E-state index is 11.5. The van der Waals surface area contributed by atoms with E-state index < -0.39 is 0 Å². The molecule has 0 aromatic carbocycles. The van der Waals surface area contributed by atoms with Gasteiger partial charge in [0.1, 0.15) is 5.82 Å². The van der Waals surface area contributed by atoms with E-state index in [2.05, 4.69) is 25.8 Å². The van der Waals surface area contributed by atoms with Gasteiger partial charge >= 0.3 is 5.97 Å². The Kier molecular flexibility index (Phi) is 4.80. The molecule has 1 unspecified atom stereocenters. The highest BCUT2D eigenvalue weighted by atomic mass is 79.9. The van der Waals surface area contributed by atoms with Crippen molar-refractivity contribution in [3.63, 3.8) is 0 Å². The summed E-state index contributed by atoms with van der Waals surface area (Å²) in [6.07, 6.45) is 3.77. The largest absolute Gasteiger partial charge is 0.469 e. The number of hydrogen-bond donors (Lipinski definition) is 0. The molecule has 1 aromatic rings. The molecule has 0 bridgehead atoms. The molecule has 2 rings (SSSR count). The molecule has 0 aliphatic carbocycles. The number of anilines is 1. The summed E-state index contributed by atoms with van der Waals surface area (Å²) in [7, 11) is 1.44. The number of hydrogen-bond acceptors (Lipinski definition) is 4. The van der Waals surface area contributed by atoms with E-state index in [9.17, 15) is 4.79 Å². The Morgan fingerprint density at radius 2 is 2.32 bits per heavy atom. The van der Waals surface area contributed by atoms with Gasteiger partial charge in [-0.15, -0.1) is 0 Å². The molecule has 0 N–H and O–H groups in total. The van der Waals surface area contributed by atoms with Gasteiger partial charge in [-0.1, -0.05) is 0 Å². The second-order valence-corrected chi connectivity index (χ2v) is 5.71. The summed E-state index contributed by atoms with van der Waals surface area (Å²) < 4.78 is 5.80. The summed E-state index contributed by atoms with van der Waals surface area (Å²) in [6, 6.07) is 4.23. The molecule has 0 saturated carbocycles. The zero-order chi connectivity index (χ0) is 13.8. The van der Waals surface area contributed by atoms with Crippen molar-refractivity contribution < 1.29 is 9.53 Å². The number of piperidine rings is 1. The standard InChI is InChI=1S/C14H19BrN2O2/c1-10-12(15)6-7-13(16-10)17-8-4-3-5-11(17)9-14(18)19-2/h6-7,11H,3-5,8-9H2,1-2H3. The van der Waals surface area contributed by atoms with Gasteiger partial charge in [-0.3, -0.25) is 4.79 Å². The summed E-state index contributed by atoms with van der Waals surface area (Å²) >= 11 is 3.46. The number of methoxy groups -OCH3 is 1. The fourth-order valence-corrected chi connectivity index (χ4v) is 2.70. The fraction of sp³-hybridized carbons (Fsp3) is 0.571. The SMILES string of the molecule is COC(=O)CC1CCCCN1c1ccc(Br)c(C)n1. The Labute approximate surface area is 122 Å². The zero-order valence-electron chi connectivity index (χ0n) is 11.4.